The van der Waals surface area contributed by atoms with Gasteiger partial charge in [0.1, 0.15) is 5.60 Å². The van der Waals surface area contributed by atoms with Gasteiger partial charge in [0.2, 0.25) is 0 Å². The molecule has 0 bridgehead atoms. The number of rotatable bonds is 9. The van der Waals surface area contributed by atoms with E-state index in [2.05, 4.69) is 86.8 Å². The van der Waals surface area contributed by atoms with Crippen LogP contribution < -0.4 is 0 Å². The fourth-order valence-electron chi connectivity index (χ4n) is 6.68. The first kappa shape index (κ1) is 32.2. The molecule has 0 amide bonds. The van der Waals surface area contributed by atoms with Gasteiger partial charge in [-0.3, -0.25) is 4.79 Å². The number of carbonyl (C=O) groups excluding carboxylic acids is 1. The van der Waals surface area contributed by atoms with E-state index in [0.29, 0.717) is 18.3 Å². The van der Waals surface area contributed by atoms with Crippen molar-refractivity contribution < 1.29 is 18.4 Å². The molecule has 0 saturated heterocycles. The lowest BCUT2D eigenvalue weighted by Gasteiger charge is -2.60. The summed E-state index contributed by atoms with van der Waals surface area (Å²) < 4.78 is 20.6. The summed E-state index contributed by atoms with van der Waals surface area (Å²) in [6.45, 7) is 28.2. The van der Waals surface area contributed by atoms with Crippen LogP contribution in [0.5, 0.6) is 0 Å². The highest BCUT2D eigenvalue weighted by Crippen LogP contribution is 2.56. The number of Topliss-reactive ketones (excluding diaryl/α,β-unsaturated/α-hetero) is 1. The molecule has 220 valence electrons. The van der Waals surface area contributed by atoms with Gasteiger partial charge in [-0.1, -0.05) is 79.9 Å². The molecule has 3 aliphatic carbocycles. The molecule has 6 atom stereocenters. The van der Waals surface area contributed by atoms with Crippen molar-refractivity contribution >= 4 is 22.4 Å². The van der Waals surface area contributed by atoms with Gasteiger partial charge in [0.25, 0.3) is 0 Å². The fourth-order valence-corrected chi connectivity index (χ4v) is 9.37. The lowest BCUT2D eigenvalue weighted by Crippen LogP contribution is -2.70. The molecule has 0 heterocycles. The Labute approximate surface area is 237 Å². The van der Waals surface area contributed by atoms with Crippen LogP contribution in [0.4, 0.5) is 0 Å². The molecule has 0 aromatic rings. The lowest BCUT2D eigenvalue weighted by atomic mass is 9.50. The van der Waals surface area contributed by atoms with E-state index in [1.165, 1.54) is 32.1 Å². The van der Waals surface area contributed by atoms with Crippen molar-refractivity contribution in [3.05, 3.63) is 12.2 Å². The molecule has 4 nitrogen and oxygen atoms in total. The number of hydrogen-bond donors (Lipinski definition) is 0. The molecular formula is C32H60O4Si2. The predicted octanol–water partition coefficient (Wildman–Crippen LogP) is 8.92. The molecule has 1 unspecified atom stereocenters. The zero-order valence-corrected chi connectivity index (χ0v) is 28.9. The second kappa shape index (κ2) is 11.5. The number of ketones is 1. The zero-order chi connectivity index (χ0) is 28.7. The zero-order valence-electron chi connectivity index (χ0n) is 26.9. The summed E-state index contributed by atoms with van der Waals surface area (Å²) in [6.07, 6.45) is 13.2. The van der Waals surface area contributed by atoms with Crippen LogP contribution in [0, 0.1) is 23.7 Å². The minimum Gasteiger partial charge on any atom is -0.413 e. The molecular weight excluding hydrogens is 505 g/mol. The molecule has 6 heteroatoms. The Morgan fingerprint density at radius 1 is 0.947 bits per heavy atom. The maximum atomic E-state index is 13.3. The standard InChI is InChI=1S/C32H60O4Si2/c1-13-34-32-22-21-27(36-38(11,12)31(6,7)8)25(28(32)23(2)29(32)33)19-20-26(24-17-15-14-16-18-24)35-37(9,10)30(3,4)5/h19-20,23-28H,13-18,21-22H2,1-12H3/b20-19+/t23?,25-,26+,27+,28+,32+/m0/s1. The van der Waals surface area contributed by atoms with Gasteiger partial charge in [0, 0.05) is 24.4 Å². The summed E-state index contributed by atoms with van der Waals surface area (Å²) >= 11 is 0. The highest BCUT2D eigenvalue weighted by atomic mass is 28.4. The van der Waals surface area contributed by atoms with Crippen LogP contribution in [0.15, 0.2) is 12.2 Å². The van der Waals surface area contributed by atoms with Crippen LogP contribution in [0.3, 0.4) is 0 Å². The Bertz CT molecular complexity index is 847. The number of carbonyl (C=O) groups is 1. The Kier molecular flexibility index (Phi) is 9.79. The van der Waals surface area contributed by atoms with Crippen molar-refractivity contribution in [2.45, 2.75) is 154 Å². The summed E-state index contributed by atoms with van der Waals surface area (Å²) in [5.41, 5.74) is -0.628. The minimum atomic E-state index is -1.98. The SMILES string of the molecule is CCO[C@]12CC[C@@H](O[Si](C)(C)C(C)(C)C)[C@H](/C=C/[C@@H](O[Si](C)(C)C(C)(C)C)C3CCCCC3)[C@H]1C(C)C2=O. The van der Waals surface area contributed by atoms with Gasteiger partial charge in [-0.2, -0.15) is 0 Å². The van der Waals surface area contributed by atoms with Crippen LogP contribution in [0.2, 0.25) is 36.3 Å². The minimum absolute atomic E-state index is 0.0106. The van der Waals surface area contributed by atoms with E-state index in [1.54, 1.807) is 0 Å². The quantitative estimate of drug-likeness (QED) is 0.207. The van der Waals surface area contributed by atoms with Crippen molar-refractivity contribution in [3.63, 3.8) is 0 Å². The number of hydrogen-bond acceptors (Lipinski definition) is 4. The van der Waals surface area contributed by atoms with E-state index >= 15 is 0 Å². The molecule has 38 heavy (non-hydrogen) atoms. The molecule has 3 rings (SSSR count). The summed E-state index contributed by atoms with van der Waals surface area (Å²) in [4.78, 5) is 13.3. The lowest BCUT2D eigenvalue weighted by molar-refractivity contribution is -0.211. The van der Waals surface area contributed by atoms with Crippen molar-refractivity contribution in [1.82, 2.24) is 0 Å². The molecule has 3 saturated carbocycles. The van der Waals surface area contributed by atoms with Crippen LogP contribution >= 0.6 is 0 Å². The summed E-state index contributed by atoms with van der Waals surface area (Å²) in [5.74, 6) is 1.24. The average molecular weight is 565 g/mol. The summed E-state index contributed by atoms with van der Waals surface area (Å²) in [5, 5.41) is 0.318. The first-order valence-electron chi connectivity index (χ1n) is 15.6. The van der Waals surface area contributed by atoms with Gasteiger partial charge in [-0.05, 0) is 74.8 Å². The molecule has 0 aliphatic heterocycles. The second-order valence-electron chi connectivity index (χ2n) is 15.7. The highest BCUT2D eigenvalue weighted by Gasteiger charge is 2.66. The first-order valence-corrected chi connectivity index (χ1v) is 21.4. The average Bonchev–Trinajstić information content (AvgIpc) is 2.81. The third-order valence-electron chi connectivity index (χ3n) is 11.1. The number of ether oxygens (including phenoxy) is 1. The third-order valence-corrected chi connectivity index (χ3v) is 20.1. The normalized spacial score (nSPS) is 32.8. The van der Waals surface area contributed by atoms with Crippen LogP contribution in [-0.4, -0.2) is 46.8 Å². The van der Waals surface area contributed by atoms with Gasteiger partial charge in [-0.25, -0.2) is 0 Å². The molecule has 0 spiro atoms. The molecule has 0 aromatic carbocycles. The van der Waals surface area contributed by atoms with Crippen LogP contribution in [-0.2, 0) is 18.4 Å². The summed E-state index contributed by atoms with van der Waals surface area (Å²) in [6, 6.07) is 0. The Morgan fingerprint density at radius 3 is 2.05 bits per heavy atom. The van der Waals surface area contributed by atoms with Gasteiger partial charge < -0.3 is 13.6 Å². The summed E-state index contributed by atoms with van der Waals surface area (Å²) in [7, 11) is -3.92. The van der Waals surface area contributed by atoms with E-state index in [1.807, 2.05) is 6.92 Å². The predicted molar refractivity (Wildman–Crippen MR) is 165 cm³/mol. The molecule has 3 fully saturated rings. The van der Waals surface area contributed by atoms with Crippen molar-refractivity contribution in [1.29, 1.82) is 0 Å². The van der Waals surface area contributed by atoms with Gasteiger partial charge in [0.05, 0.1) is 12.2 Å². The van der Waals surface area contributed by atoms with Crippen LogP contribution in [0.1, 0.15) is 100 Å². The molecule has 3 aliphatic rings. The highest BCUT2D eigenvalue weighted by molar-refractivity contribution is 6.74. The second-order valence-corrected chi connectivity index (χ2v) is 25.2. The largest absolute Gasteiger partial charge is 0.413 e. The van der Waals surface area contributed by atoms with Crippen molar-refractivity contribution in [2.75, 3.05) is 6.61 Å². The van der Waals surface area contributed by atoms with Crippen LogP contribution in [0.25, 0.3) is 0 Å². The van der Waals surface area contributed by atoms with Gasteiger partial charge in [0.15, 0.2) is 22.4 Å². The monoisotopic (exact) mass is 564 g/mol. The van der Waals surface area contributed by atoms with E-state index < -0.39 is 22.2 Å². The molecule has 0 N–H and O–H groups in total. The van der Waals surface area contributed by atoms with E-state index in [0.717, 1.165) is 12.8 Å². The fraction of sp³-hybridized carbons (Fsp3) is 0.906. The topological polar surface area (TPSA) is 44.8 Å². The molecule has 0 aromatic heterocycles. The van der Waals surface area contributed by atoms with Crippen molar-refractivity contribution in [2.24, 2.45) is 23.7 Å². The first-order chi connectivity index (χ1) is 17.4. The molecule has 0 radical (unpaired) electrons. The number of fused-ring (bicyclic) bond motifs is 1. The van der Waals surface area contributed by atoms with Gasteiger partial charge in [-0.15, -0.1) is 0 Å². The van der Waals surface area contributed by atoms with Crippen molar-refractivity contribution in [3.8, 4) is 0 Å². The smallest absolute Gasteiger partial charge is 0.192 e. The van der Waals surface area contributed by atoms with E-state index in [9.17, 15) is 4.79 Å². The Hall–Kier alpha value is -0.276. The Morgan fingerprint density at radius 2 is 1.53 bits per heavy atom. The van der Waals surface area contributed by atoms with Gasteiger partial charge >= 0.3 is 0 Å². The van der Waals surface area contributed by atoms with E-state index in [-0.39, 0.29) is 40.0 Å². The maximum absolute atomic E-state index is 13.3. The Balaban J connectivity index is 1.99. The van der Waals surface area contributed by atoms with E-state index in [4.69, 9.17) is 13.6 Å². The maximum Gasteiger partial charge on any atom is 0.192 e. The third kappa shape index (κ3) is 6.29.